The van der Waals surface area contributed by atoms with Crippen LogP contribution in [-0.2, 0) is 4.74 Å². The summed E-state index contributed by atoms with van der Waals surface area (Å²) in [7, 11) is 0. The minimum atomic E-state index is -1.05. The maximum absolute atomic E-state index is 9.89. The summed E-state index contributed by atoms with van der Waals surface area (Å²) in [6.07, 6.45) is 12.2. The molecule has 1 N–H and O–H groups in total. The van der Waals surface area contributed by atoms with Crippen molar-refractivity contribution in [2.45, 2.75) is 83.5 Å². The number of rotatable bonds is 7. The second-order valence-electron chi connectivity index (χ2n) is 6.31. The largest absolute Gasteiger partial charge is 0.366 e. The number of hydrogen-bond acceptors (Lipinski definition) is 2. The van der Waals surface area contributed by atoms with Crippen molar-refractivity contribution in [3.05, 3.63) is 12.7 Å². The lowest BCUT2D eigenvalue weighted by Gasteiger charge is -2.30. The van der Waals surface area contributed by atoms with Crippen LogP contribution < -0.4 is 0 Å². The Hall–Kier alpha value is -0.780. The van der Waals surface area contributed by atoms with E-state index in [1.165, 1.54) is 32.1 Å². The van der Waals surface area contributed by atoms with Crippen molar-refractivity contribution in [1.82, 2.24) is 0 Å². The molecule has 0 unspecified atom stereocenters. The fourth-order valence-corrected chi connectivity index (χ4v) is 2.89. The average molecular weight is 278 g/mol. The van der Waals surface area contributed by atoms with Crippen LogP contribution in [0.25, 0.3) is 0 Å². The van der Waals surface area contributed by atoms with Crippen LogP contribution in [0.5, 0.6) is 0 Å². The standard InChI is InChI=1S/C18H30O2/c1-4-5-6-7-11-14-17(20-18(2,3)19)15-16-12-9-8-10-13-16/h4,16-17,19H,1,5,8-15H2,2-3H3/t17-/m0/s1. The molecular formula is C18H30O2. The van der Waals surface area contributed by atoms with Crippen molar-refractivity contribution < 1.29 is 9.84 Å². The van der Waals surface area contributed by atoms with Crippen LogP contribution in [0.1, 0.15) is 71.6 Å². The summed E-state index contributed by atoms with van der Waals surface area (Å²) in [4.78, 5) is 0. The molecule has 1 rings (SSSR count). The topological polar surface area (TPSA) is 29.5 Å². The minimum absolute atomic E-state index is 0.121. The molecular weight excluding hydrogens is 248 g/mol. The maximum atomic E-state index is 9.89. The highest BCUT2D eigenvalue weighted by molar-refractivity contribution is 5.03. The summed E-state index contributed by atoms with van der Waals surface area (Å²) in [6, 6.07) is 0. The molecule has 0 aromatic rings. The third-order valence-electron chi connectivity index (χ3n) is 3.74. The van der Waals surface area contributed by atoms with Crippen molar-refractivity contribution in [3.8, 4) is 11.8 Å². The van der Waals surface area contributed by atoms with Crippen LogP contribution in [0.3, 0.4) is 0 Å². The van der Waals surface area contributed by atoms with E-state index in [9.17, 15) is 5.11 Å². The fraction of sp³-hybridized carbons (Fsp3) is 0.778. The van der Waals surface area contributed by atoms with Gasteiger partial charge in [-0.1, -0.05) is 44.1 Å². The SMILES string of the molecule is C=CCC#CCC[C@@H](CC1CCCCC1)OC(C)(C)O. The van der Waals surface area contributed by atoms with Crippen molar-refractivity contribution in [1.29, 1.82) is 0 Å². The van der Waals surface area contributed by atoms with Crippen molar-refractivity contribution in [3.63, 3.8) is 0 Å². The van der Waals surface area contributed by atoms with Gasteiger partial charge in [0.05, 0.1) is 6.10 Å². The molecule has 2 nitrogen and oxygen atoms in total. The van der Waals surface area contributed by atoms with Gasteiger partial charge in [-0.25, -0.2) is 0 Å². The van der Waals surface area contributed by atoms with E-state index in [-0.39, 0.29) is 6.10 Å². The van der Waals surface area contributed by atoms with Crippen molar-refractivity contribution >= 4 is 0 Å². The first-order valence-corrected chi connectivity index (χ1v) is 7.98. The molecule has 114 valence electrons. The highest BCUT2D eigenvalue weighted by Crippen LogP contribution is 2.30. The molecule has 1 aliphatic rings. The van der Waals surface area contributed by atoms with E-state index < -0.39 is 5.79 Å². The van der Waals surface area contributed by atoms with Crippen molar-refractivity contribution in [2.75, 3.05) is 0 Å². The zero-order valence-corrected chi connectivity index (χ0v) is 13.2. The van der Waals surface area contributed by atoms with Gasteiger partial charge in [0.15, 0.2) is 5.79 Å². The van der Waals surface area contributed by atoms with Crippen LogP contribution in [0.15, 0.2) is 12.7 Å². The lowest BCUT2D eigenvalue weighted by molar-refractivity contribution is -0.210. The summed E-state index contributed by atoms with van der Waals surface area (Å²) in [5.74, 6) is 5.94. The smallest absolute Gasteiger partial charge is 0.160 e. The summed E-state index contributed by atoms with van der Waals surface area (Å²) in [5, 5.41) is 9.89. The van der Waals surface area contributed by atoms with Crippen LogP contribution in [0.4, 0.5) is 0 Å². The molecule has 2 heteroatoms. The molecule has 0 amide bonds. The Morgan fingerprint density at radius 1 is 1.30 bits per heavy atom. The monoisotopic (exact) mass is 278 g/mol. The number of ether oxygens (including phenoxy) is 1. The molecule has 1 saturated carbocycles. The number of aliphatic hydroxyl groups is 1. The van der Waals surface area contributed by atoms with Gasteiger partial charge in [0.1, 0.15) is 0 Å². The molecule has 0 radical (unpaired) electrons. The predicted octanol–water partition coefficient (Wildman–Crippen LogP) is 4.43. The zero-order valence-electron chi connectivity index (χ0n) is 13.2. The zero-order chi connectivity index (χ0) is 14.8. The Labute approximate surface area is 124 Å². The highest BCUT2D eigenvalue weighted by atomic mass is 16.6. The van der Waals surface area contributed by atoms with Crippen LogP contribution >= 0.6 is 0 Å². The molecule has 0 aromatic heterocycles. The van der Waals surface area contributed by atoms with Gasteiger partial charge >= 0.3 is 0 Å². The van der Waals surface area contributed by atoms with E-state index in [1.54, 1.807) is 13.8 Å². The van der Waals surface area contributed by atoms with Crippen LogP contribution in [0.2, 0.25) is 0 Å². The first kappa shape index (κ1) is 17.3. The van der Waals surface area contributed by atoms with E-state index in [2.05, 4.69) is 18.4 Å². The predicted molar refractivity (Wildman–Crippen MR) is 84.2 cm³/mol. The lowest BCUT2D eigenvalue weighted by Crippen LogP contribution is -2.31. The summed E-state index contributed by atoms with van der Waals surface area (Å²) < 4.78 is 5.81. The molecule has 0 spiro atoms. The van der Waals surface area contributed by atoms with Crippen molar-refractivity contribution in [2.24, 2.45) is 5.92 Å². The van der Waals surface area contributed by atoms with Gasteiger partial charge < -0.3 is 9.84 Å². The molecule has 0 heterocycles. The highest BCUT2D eigenvalue weighted by Gasteiger charge is 2.24. The Balaban J connectivity index is 2.42. The van der Waals surface area contributed by atoms with E-state index in [1.807, 2.05) is 6.08 Å². The van der Waals surface area contributed by atoms with Gasteiger partial charge in [-0.05, 0) is 32.6 Å². The second kappa shape index (κ2) is 9.21. The van der Waals surface area contributed by atoms with Crippen LogP contribution in [-0.4, -0.2) is 17.0 Å². The molecule has 20 heavy (non-hydrogen) atoms. The summed E-state index contributed by atoms with van der Waals surface area (Å²) in [6.45, 7) is 7.08. The molecule has 0 aliphatic heterocycles. The normalized spacial score (nSPS) is 18.1. The Kier molecular flexibility index (Phi) is 7.95. The molecule has 0 aromatic carbocycles. The molecule has 1 atom stereocenters. The molecule has 0 saturated heterocycles. The Bertz CT molecular complexity index is 324. The van der Waals surface area contributed by atoms with Crippen LogP contribution in [0, 0.1) is 17.8 Å². The Morgan fingerprint density at radius 3 is 2.60 bits per heavy atom. The third kappa shape index (κ3) is 8.40. The van der Waals surface area contributed by atoms with E-state index in [4.69, 9.17) is 4.74 Å². The molecule has 1 fully saturated rings. The first-order valence-electron chi connectivity index (χ1n) is 7.98. The first-order chi connectivity index (χ1) is 9.51. The summed E-state index contributed by atoms with van der Waals surface area (Å²) in [5.41, 5.74) is 0. The van der Waals surface area contributed by atoms with Gasteiger partial charge in [-0.2, -0.15) is 0 Å². The quantitative estimate of drug-likeness (QED) is 0.424. The molecule has 1 aliphatic carbocycles. The number of allylic oxidation sites excluding steroid dienone is 1. The van der Waals surface area contributed by atoms with Gasteiger partial charge in [0, 0.05) is 12.8 Å². The second-order valence-corrected chi connectivity index (χ2v) is 6.31. The van der Waals surface area contributed by atoms with E-state index >= 15 is 0 Å². The van der Waals surface area contributed by atoms with E-state index in [0.29, 0.717) is 0 Å². The van der Waals surface area contributed by atoms with Gasteiger partial charge in [0.25, 0.3) is 0 Å². The number of hydrogen-bond donors (Lipinski definition) is 1. The van der Waals surface area contributed by atoms with Gasteiger partial charge in [0.2, 0.25) is 0 Å². The Morgan fingerprint density at radius 2 is 2.00 bits per heavy atom. The van der Waals surface area contributed by atoms with Gasteiger partial charge in [-0.15, -0.1) is 12.5 Å². The minimum Gasteiger partial charge on any atom is -0.366 e. The fourth-order valence-electron chi connectivity index (χ4n) is 2.89. The summed E-state index contributed by atoms with van der Waals surface area (Å²) >= 11 is 0. The third-order valence-corrected chi connectivity index (χ3v) is 3.74. The lowest BCUT2D eigenvalue weighted by atomic mass is 9.84. The van der Waals surface area contributed by atoms with Gasteiger partial charge in [-0.3, -0.25) is 0 Å². The molecule has 0 bridgehead atoms. The maximum Gasteiger partial charge on any atom is 0.160 e. The average Bonchev–Trinajstić information content (AvgIpc) is 2.37. The van der Waals surface area contributed by atoms with E-state index in [0.717, 1.165) is 31.6 Å².